The van der Waals surface area contributed by atoms with Gasteiger partial charge in [-0.2, -0.15) is 5.10 Å². The zero-order chi connectivity index (χ0) is 17.6. The molecule has 0 bridgehead atoms. The van der Waals surface area contributed by atoms with E-state index >= 15 is 0 Å². The Morgan fingerprint density at radius 3 is 2.32 bits per heavy atom. The number of pyridine rings is 2. The van der Waals surface area contributed by atoms with E-state index in [0.29, 0.717) is 18.7 Å². The van der Waals surface area contributed by atoms with E-state index < -0.39 is 11.4 Å². The molecule has 1 fully saturated rings. The molecule has 0 aliphatic heterocycles. The van der Waals surface area contributed by atoms with Crippen LogP contribution in [0.1, 0.15) is 18.4 Å². The minimum Gasteiger partial charge on any atom is -0.481 e. The van der Waals surface area contributed by atoms with E-state index in [9.17, 15) is 9.90 Å². The van der Waals surface area contributed by atoms with E-state index in [0.717, 1.165) is 28.1 Å². The van der Waals surface area contributed by atoms with E-state index in [-0.39, 0.29) is 0 Å². The highest BCUT2D eigenvalue weighted by molar-refractivity contribution is 5.85. The molecule has 1 aliphatic rings. The molecule has 4 rings (SSSR count). The molecule has 0 atom stereocenters. The summed E-state index contributed by atoms with van der Waals surface area (Å²) in [6.07, 6.45) is 6.42. The summed E-state index contributed by atoms with van der Waals surface area (Å²) in [5.74, 6) is -0.215. The SMILES string of the molecule is Cn1ncc(-c2ccc(-c3ccc(C4(C(=O)O)CC4)cn3)cn2)c1N. The van der Waals surface area contributed by atoms with E-state index in [1.807, 2.05) is 24.3 Å². The molecule has 1 aliphatic carbocycles. The van der Waals surface area contributed by atoms with Crippen LogP contribution in [0.5, 0.6) is 0 Å². The first kappa shape index (κ1) is 15.3. The maximum Gasteiger partial charge on any atom is 0.314 e. The van der Waals surface area contributed by atoms with Crippen molar-refractivity contribution in [3.8, 4) is 22.5 Å². The number of aryl methyl sites for hydroxylation is 1. The standard InChI is InChI=1S/C18H17N5O2/c1-23-16(19)13(10-22-23)15-4-2-11(8-20-15)14-5-3-12(9-21-14)18(6-7-18)17(24)25/h2-5,8-10H,6-7,19H2,1H3,(H,24,25). The number of hydrogen-bond acceptors (Lipinski definition) is 5. The number of hydrogen-bond donors (Lipinski definition) is 2. The molecule has 25 heavy (non-hydrogen) atoms. The predicted molar refractivity (Wildman–Crippen MR) is 92.6 cm³/mol. The molecule has 3 heterocycles. The van der Waals surface area contributed by atoms with Gasteiger partial charge in [-0.25, -0.2) is 0 Å². The quantitative estimate of drug-likeness (QED) is 0.757. The van der Waals surface area contributed by atoms with Gasteiger partial charge in [-0.3, -0.25) is 19.4 Å². The largest absolute Gasteiger partial charge is 0.481 e. The van der Waals surface area contributed by atoms with E-state index in [1.165, 1.54) is 0 Å². The van der Waals surface area contributed by atoms with Crippen molar-refractivity contribution in [2.75, 3.05) is 5.73 Å². The van der Waals surface area contributed by atoms with Gasteiger partial charge in [0.15, 0.2) is 0 Å². The van der Waals surface area contributed by atoms with Gasteiger partial charge in [0.1, 0.15) is 5.82 Å². The smallest absolute Gasteiger partial charge is 0.314 e. The first-order valence-corrected chi connectivity index (χ1v) is 7.95. The Kier molecular flexibility index (Phi) is 3.31. The molecule has 0 unspecified atom stereocenters. The third-order valence-corrected chi connectivity index (χ3v) is 4.80. The van der Waals surface area contributed by atoms with Crippen molar-refractivity contribution in [1.82, 2.24) is 19.7 Å². The lowest BCUT2D eigenvalue weighted by molar-refractivity contribution is -0.140. The fourth-order valence-corrected chi connectivity index (χ4v) is 2.95. The molecule has 0 saturated heterocycles. The van der Waals surface area contributed by atoms with Gasteiger partial charge >= 0.3 is 5.97 Å². The van der Waals surface area contributed by atoms with Crippen LogP contribution in [0.4, 0.5) is 5.82 Å². The van der Waals surface area contributed by atoms with Crippen LogP contribution in [0, 0.1) is 0 Å². The zero-order valence-corrected chi connectivity index (χ0v) is 13.7. The van der Waals surface area contributed by atoms with Crippen molar-refractivity contribution in [3.63, 3.8) is 0 Å². The van der Waals surface area contributed by atoms with Crippen molar-refractivity contribution in [2.45, 2.75) is 18.3 Å². The number of nitrogen functional groups attached to an aromatic ring is 1. The molecule has 0 aromatic carbocycles. The highest BCUT2D eigenvalue weighted by atomic mass is 16.4. The fourth-order valence-electron chi connectivity index (χ4n) is 2.95. The second kappa shape index (κ2) is 5.41. The van der Waals surface area contributed by atoms with Gasteiger partial charge in [-0.05, 0) is 36.6 Å². The number of carbonyl (C=O) groups is 1. The van der Waals surface area contributed by atoms with Crippen LogP contribution in [0.3, 0.4) is 0 Å². The molecule has 3 aromatic rings. The third kappa shape index (κ3) is 2.44. The summed E-state index contributed by atoms with van der Waals surface area (Å²) < 4.78 is 1.60. The van der Waals surface area contributed by atoms with Gasteiger partial charge in [0.05, 0.1) is 28.6 Å². The summed E-state index contributed by atoms with van der Waals surface area (Å²) in [7, 11) is 1.78. The van der Waals surface area contributed by atoms with Crippen molar-refractivity contribution < 1.29 is 9.90 Å². The van der Waals surface area contributed by atoms with Crippen LogP contribution in [-0.4, -0.2) is 30.8 Å². The molecule has 7 nitrogen and oxygen atoms in total. The van der Waals surface area contributed by atoms with E-state index in [1.54, 1.807) is 30.3 Å². The molecule has 3 aromatic heterocycles. The van der Waals surface area contributed by atoms with Gasteiger partial charge in [-0.1, -0.05) is 6.07 Å². The Hall–Kier alpha value is -3.22. The summed E-state index contributed by atoms with van der Waals surface area (Å²) in [5.41, 5.74) is 9.14. The van der Waals surface area contributed by atoms with Crippen LogP contribution in [0.2, 0.25) is 0 Å². The van der Waals surface area contributed by atoms with Crippen molar-refractivity contribution in [2.24, 2.45) is 7.05 Å². The average molecular weight is 335 g/mol. The molecule has 1 saturated carbocycles. The third-order valence-electron chi connectivity index (χ3n) is 4.80. The molecule has 0 spiro atoms. The van der Waals surface area contributed by atoms with Gasteiger partial charge < -0.3 is 10.8 Å². The number of nitrogens with zero attached hydrogens (tertiary/aromatic N) is 4. The molecular weight excluding hydrogens is 318 g/mol. The summed E-state index contributed by atoms with van der Waals surface area (Å²) >= 11 is 0. The normalized spacial score (nSPS) is 15.1. The minimum atomic E-state index is -0.776. The molecular formula is C18H17N5O2. The van der Waals surface area contributed by atoms with Crippen molar-refractivity contribution in [1.29, 1.82) is 0 Å². The lowest BCUT2D eigenvalue weighted by Gasteiger charge is -2.10. The number of rotatable bonds is 4. The average Bonchev–Trinajstić information content (AvgIpc) is 3.38. The number of aromatic nitrogens is 4. The van der Waals surface area contributed by atoms with Crippen LogP contribution in [-0.2, 0) is 17.3 Å². The summed E-state index contributed by atoms with van der Waals surface area (Å²) in [6.45, 7) is 0. The minimum absolute atomic E-state index is 0.561. The predicted octanol–water partition coefficient (Wildman–Crippen LogP) is 2.24. The number of aliphatic carboxylic acids is 1. The number of nitrogens with two attached hydrogens (primary N) is 1. The Balaban J connectivity index is 1.60. The van der Waals surface area contributed by atoms with Crippen LogP contribution in [0.15, 0.2) is 42.9 Å². The van der Waals surface area contributed by atoms with Crippen molar-refractivity contribution >= 4 is 11.8 Å². The monoisotopic (exact) mass is 335 g/mol. The van der Waals surface area contributed by atoms with Crippen molar-refractivity contribution in [3.05, 3.63) is 48.4 Å². The summed E-state index contributed by atoms with van der Waals surface area (Å²) in [5, 5.41) is 13.5. The highest BCUT2D eigenvalue weighted by Crippen LogP contribution is 2.48. The topological polar surface area (TPSA) is 107 Å². The van der Waals surface area contributed by atoms with Gasteiger partial charge in [0.2, 0.25) is 0 Å². The van der Waals surface area contributed by atoms with Gasteiger partial charge in [-0.15, -0.1) is 0 Å². The Morgan fingerprint density at radius 1 is 1.12 bits per heavy atom. The molecule has 0 radical (unpaired) electrons. The second-order valence-corrected chi connectivity index (χ2v) is 6.32. The first-order valence-electron chi connectivity index (χ1n) is 7.95. The van der Waals surface area contributed by atoms with Crippen LogP contribution < -0.4 is 5.73 Å². The van der Waals surface area contributed by atoms with Gasteiger partial charge in [0, 0.05) is 25.0 Å². The molecule has 126 valence electrons. The molecule has 3 N–H and O–H groups in total. The van der Waals surface area contributed by atoms with Gasteiger partial charge in [0.25, 0.3) is 0 Å². The first-order chi connectivity index (χ1) is 12.0. The highest BCUT2D eigenvalue weighted by Gasteiger charge is 2.51. The van der Waals surface area contributed by atoms with E-state index in [4.69, 9.17) is 5.73 Å². The molecule has 0 amide bonds. The lowest BCUT2D eigenvalue weighted by Crippen LogP contribution is -2.19. The summed E-state index contributed by atoms with van der Waals surface area (Å²) in [6, 6.07) is 7.47. The summed E-state index contributed by atoms with van der Waals surface area (Å²) in [4.78, 5) is 20.2. The Morgan fingerprint density at radius 2 is 1.84 bits per heavy atom. The second-order valence-electron chi connectivity index (χ2n) is 6.32. The maximum absolute atomic E-state index is 11.4. The number of carboxylic acids is 1. The number of carboxylic acid groups (broad SMARTS) is 1. The molecule has 7 heteroatoms. The van der Waals surface area contributed by atoms with Crippen LogP contribution >= 0.6 is 0 Å². The Bertz CT molecular complexity index is 941. The number of anilines is 1. The van der Waals surface area contributed by atoms with Crippen LogP contribution in [0.25, 0.3) is 22.5 Å². The Labute approximate surface area is 144 Å². The maximum atomic E-state index is 11.4. The lowest BCUT2D eigenvalue weighted by atomic mass is 9.97. The zero-order valence-electron chi connectivity index (χ0n) is 13.7. The fraction of sp³-hybridized carbons (Fsp3) is 0.222. The van der Waals surface area contributed by atoms with E-state index in [2.05, 4.69) is 15.1 Å².